The van der Waals surface area contributed by atoms with E-state index < -0.39 is 0 Å². The number of aromatic nitrogens is 4. The Bertz CT molecular complexity index is 1370. The fourth-order valence-electron chi connectivity index (χ4n) is 4.11. The average molecular weight is 483 g/mol. The predicted octanol–water partition coefficient (Wildman–Crippen LogP) is 5.54. The van der Waals surface area contributed by atoms with Gasteiger partial charge in [0, 0.05) is 4.88 Å². The molecular formula is C24H26N4O3S2. The molecule has 0 saturated carbocycles. The van der Waals surface area contributed by atoms with Gasteiger partial charge in [-0.1, -0.05) is 30.8 Å². The van der Waals surface area contributed by atoms with E-state index in [0.717, 1.165) is 46.4 Å². The van der Waals surface area contributed by atoms with Crippen molar-refractivity contribution in [1.82, 2.24) is 20.2 Å². The third-order valence-electron chi connectivity index (χ3n) is 5.99. The minimum Gasteiger partial charge on any atom is -0.484 e. The van der Waals surface area contributed by atoms with Gasteiger partial charge in [-0.2, -0.15) is 0 Å². The summed E-state index contributed by atoms with van der Waals surface area (Å²) in [5.41, 5.74) is 3.32. The van der Waals surface area contributed by atoms with Crippen molar-refractivity contribution < 1.29 is 9.15 Å². The molecule has 0 fully saturated rings. The minimum atomic E-state index is -0.145. The van der Waals surface area contributed by atoms with E-state index in [1.54, 1.807) is 11.3 Å². The Balaban J connectivity index is 1.30. The van der Waals surface area contributed by atoms with Gasteiger partial charge in [-0.05, 0) is 68.7 Å². The van der Waals surface area contributed by atoms with Crippen molar-refractivity contribution in [2.75, 3.05) is 0 Å². The largest absolute Gasteiger partial charge is 0.484 e. The first-order valence-electron chi connectivity index (χ1n) is 11.1. The van der Waals surface area contributed by atoms with Crippen LogP contribution >= 0.6 is 23.1 Å². The zero-order chi connectivity index (χ0) is 23.1. The van der Waals surface area contributed by atoms with E-state index in [2.05, 4.69) is 22.1 Å². The quantitative estimate of drug-likeness (QED) is 0.361. The molecule has 1 aromatic carbocycles. The van der Waals surface area contributed by atoms with Gasteiger partial charge in [0.25, 0.3) is 16.7 Å². The van der Waals surface area contributed by atoms with Gasteiger partial charge in [-0.15, -0.1) is 21.5 Å². The number of thiophene rings is 1. The van der Waals surface area contributed by atoms with Crippen molar-refractivity contribution in [3.05, 3.63) is 61.8 Å². The van der Waals surface area contributed by atoms with Crippen molar-refractivity contribution in [2.24, 2.45) is 5.92 Å². The minimum absolute atomic E-state index is 0.0531. The number of fused-ring (bicyclic) bond motifs is 3. The summed E-state index contributed by atoms with van der Waals surface area (Å²) in [7, 11) is 0. The summed E-state index contributed by atoms with van der Waals surface area (Å²) in [4.78, 5) is 22.8. The zero-order valence-corrected chi connectivity index (χ0v) is 20.7. The molecule has 3 aromatic heterocycles. The average Bonchev–Trinajstić information content (AvgIpc) is 3.37. The number of rotatable bonds is 6. The zero-order valence-electron chi connectivity index (χ0n) is 19.1. The third kappa shape index (κ3) is 4.56. The summed E-state index contributed by atoms with van der Waals surface area (Å²) in [5.74, 6) is 2.49. The molecule has 7 nitrogen and oxygen atoms in total. The van der Waals surface area contributed by atoms with Gasteiger partial charge in [-0.25, -0.2) is 4.98 Å². The maximum atomic E-state index is 12.9. The van der Waals surface area contributed by atoms with E-state index >= 15 is 0 Å². The van der Waals surface area contributed by atoms with Crippen LogP contribution < -0.4 is 10.3 Å². The van der Waals surface area contributed by atoms with Crippen LogP contribution in [-0.2, 0) is 19.4 Å². The molecule has 4 aromatic rings. The smallest absolute Gasteiger partial charge is 0.277 e. The van der Waals surface area contributed by atoms with Gasteiger partial charge in [0.05, 0.1) is 10.6 Å². The lowest BCUT2D eigenvalue weighted by Gasteiger charge is -2.17. The molecule has 0 unspecified atom stereocenters. The molecule has 5 rings (SSSR count). The van der Waals surface area contributed by atoms with Crippen LogP contribution in [-0.4, -0.2) is 20.2 Å². The number of hydrogen-bond acceptors (Lipinski definition) is 8. The summed E-state index contributed by atoms with van der Waals surface area (Å²) in [5, 5.41) is 9.27. The van der Waals surface area contributed by atoms with Crippen LogP contribution in [0, 0.1) is 19.8 Å². The van der Waals surface area contributed by atoms with Crippen LogP contribution in [0.25, 0.3) is 10.2 Å². The second-order valence-corrected chi connectivity index (χ2v) is 11.1. The topological polar surface area (TPSA) is 93.9 Å². The molecule has 9 heteroatoms. The maximum Gasteiger partial charge on any atom is 0.277 e. The van der Waals surface area contributed by atoms with Crippen LogP contribution in [0.3, 0.4) is 0 Å². The highest BCUT2D eigenvalue weighted by molar-refractivity contribution is 7.99. The van der Waals surface area contributed by atoms with Gasteiger partial charge in [-0.3, -0.25) is 4.79 Å². The van der Waals surface area contributed by atoms with Crippen LogP contribution in [0.1, 0.15) is 58.8 Å². The lowest BCUT2D eigenvalue weighted by atomic mass is 9.89. The molecule has 0 radical (unpaired) electrons. The fourth-order valence-corrected chi connectivity index (χ4v) is 6.26. The second kappa shape index (κ2) is 8.95. The first-order chi connectivity index (χ1) is 15.9. The highest BCUT2D eigenvalue weighted by Crippen LogP contribution is 2.37. The number of thioether (sulfide) groups is 1. The monoisotopic (exact) mass is 482 g/mol. The van der Waals surface area contributed by atoms with Gasteiger partial charge in [0.2, 0.25) is 0 Å². The van der Waals surface area contributed by atoms with Crippen LogP contribution in [0.2, 0.25) is 0 Å². The van der Waals surface area contributed by atoms with E-state index in [4.69, 9.17) is 14.1 Å². The number of benzene rings is 1. The lowest BCUT2D eigenvalue weighted by Crippen LogP contribution is -2.15. The summed E-state index contributed by atoms with van der Waals surface area (Å²) in [6, 6.07) is 6.06. The Morgan fingerprint density at radius 2 is 2.18 bits per heavy atom. The number of nitrogens with one attached hydrogen (secondary N) is 1. The van der Waals surface area contributed by atoms with E-state index in [-0.39, 0.29) is 17.4 Å². The number of aryl methyl sites for hydroxylation is 3. The fraction of sp³-hybridized carbons (Fsp3) is 0.417. The Morgan fingerprint density at radius 1 is 1.33 bits per heavy atom. The van der Waals surface area contributed by atoms with E-state index in [1.807, 2.05) is 39.0 Å². The molecule has 3 heterocycles. The van der Waals surface area contributed by atoms with E-state index in [1.165, 1.54) is 22.2 Å². The van der Waals surface area contributed by atoms with E-state index in [9.17, 15) is 4.79 Å². The predicted molar refractivity (Wildman–Crippen MR) is 130 cm³/mol. The first kappa shape index (κ1) is 22.2. The summed E-state index contributed by atoms with van der Waals surface area (Å²) in [6.07, 6.45) is 3.11. The molecule has 1 aliphatic rings. The molecule has 33 heavy (non-hydrogen) atoms. The van der Waals surface area contributed by atoms with Gasteiger partial charge in [0.15, 0.2) is 6.61 Å². The van der Waals surface area contributed by atoms with Crippen LogP contribution in [0.15, 0.2) is 32.6 Å². The molecule has 1 aliphatic carbocycles. The first-order valence-corrected chi connectivity index (χ1v) is 12.8. The molecular weight excluding hydrogens is 456 g/mol. The van der Waals surface area contributed by atoms with Crippen molar-refractivity contribution in [3.8, 4) is 5.75 Å². The number of H-pyrrole nitrogens is 1. The molecule has 1 N–H and O–H groups in total. The highest BCUT2D eigenvalue weighted by atomic mass is 32.2. The Morgan fingerprint density at radius 3 is 3.03 bits per heavy atom. The molecule has 0 aliphatic heterocycles. The number of aromatic amines is 1. The van der Waals surface area contributed by atoms with Crippen molar-refractivity contribution in [3.63, 3.8) is 0 Å². The van der Waals surface area contributed by atoms with Crippen molar-refractivity contribution in [2.45, 2.75) is 64.0 Å². The van der Waals surface area contributed by atoms with Gasteiger partial charge < -0.3 is 14.1 Å². The van der Waals surface area contributed by atoms with Crippen molar-refractivity contribution in [1.29, 1.82) is 0 Å². The van der Waals surface area contributed by atoms with Crippen LogP contribution in [0.4, 0.5) is 0 Å². The third-order valence-corrected chi connectivity index (χ3v) is 8.08. The van der Waals surface area contributed by atoms with E-state index in [0.29, 0.717) is 22.9 Å². The van der Waals surface area contributed by atoms with Gasteiger partial charge in [0.1, 0.15) is 16.4 Å². The number of hydrogen-bond donors (Lipinski definition) is 1. The molecule has 172 valence electrons. The van der Waals surface area contributed by atoms with Gasteiger partial charge >= 0.3 is 0 Å². The Kier molecular flexibility index (Phi) is 6.01. The van der Waals surface area contributed by atoms with Crippen LogP contribution in [0.5, 0.6) is 5.75 Å². The standard InChI is InChI=1S/C24H26N4O3S2/c1-12-5-7-14(3)17(9-12)30-11-19-27-28-24(31-19)32-15(4)21-25-22(29)20-16-8-6-13(2)10-18(16)33-23(20)26-21/h5,7,9,13,15H,6,8,10-11H2,1-4H3,(H,25,26,29)/t13-,15-/m1/s1. The summed E-state index contributed by atoms with van der Waals surface area (Å²) >= 11 is 3.03. The Hall–Kier alpha value is -2.65. The van der Waals surface area contributed by atoms with Crippen molar-refractivity contribution >= 4 is 33.3 Å². The summed E-state index contributed by atoms with van der Waals surface area (Å²) < 4.78 is 11.6. The maximum absolute atomic E-state index is 12.9. The molecule has 2 atom stereocenters. The highest BCUT2D eigenvalue weighted by Gasteiger charge is 2.24. The SMILES string of the molecule is Cc1ccc(C)c(OCc2nnc(S[C@H](C)c3nc4sc5c(c4c(=O)[nH]3)CC[C@@H](C)C5)o2)c1. The second-order valence-electron chi connectivity index (χ2n) is 8.76. The number of ether oxygens (including phenoxy) is 1. The summed E-state index contributed by atoms with van der Waals surface area (Å²) in [6.45, 7) is 8.46. The molecule has 0 saturated heterocycles. The molecule has 0 spiro atoms. The molecule has 0 amide bonds. The lowest BCUT2D eigenvalue weighted by molar-refractivity contribution is 0.250. The molecule has 0 bridgehead atoms. The normalized spacial score (nSPS) is 16.7. The number of nitrogens with zero attached hydrogens (tertiary/aromatic N) is 3. The Labute approximate surface area is 200 Å².